The van der Waals surface area contributed by atoms with Crippen LogP contribution in [0.25, 0.3) is 5.65 Å². The maximum absolute atomic E-state index is 13.2. The van der Waals surface area contributed by atoms with Gasteiger partial charge in [-0.15, -0.1) is 0 Å². The lowest BCUT2D eigenvalue weighted by molar-refractivity contribution is 0.0955. The van der Waals surface area contributed by atoms with Gasteiger partial charge >= 0.3 is 0 Å². The molecule has 1 aliphatic heterocycles. The molecule has 2 aromatic heterocycles. The predicted molar refractivity (Wildman–Crippen MR) is 112 cm³/mol. The molecule has 0 bridgehead atoms. The Bertz CT molecular complexity index is 1080. The molecule has 0 atom stereocenters. The average molecular weight is 393 g/mol. The van der Waals surface area contributed by atoms with Crippen LogP contribution in [0.1, 0.15) is 47.4 Å². The lowest BCUT2D eigenvalue weighted by Crippen LogP contribution is -2.38. The van der Waals surface area contributed by atoms with Crippen LogP contribution in [0.5, 0.6) is 0 Å². The molecule has 0 radical (unpaired) electrons. The van der Waals surface area contributed by atoms with Crippen molar-refractivity contribution in [3.05, 3.63) is 69.3 Å². The summed E-state index contributed by atoms with van der Waals surface area (Å²) in [6.45, 7) is 7.63. The van der Waals surface area contributed by atoms with Gasteiger partial charge < -0.3 is 9.88 Å². The van der Waals surface area contributed by atoms with E-state index >= 15 is 0 Å². The van der Waals surface area contributed by atoms with Crippen LogP contribution >= 0.6 is 0 Å². The number of benzene rings is 1. The highest BCUT2D eigenvalue weighted by Gasteiger charge is 2.26. The second-order valence-corrected chi connectivity index (χ2v) is 7.47. The molecular formula is C22H27N5O2. The largest absolute Gasteiger partial charge is 0.352 e. The molecule has 0 spiro atoms. The average Bonchev–Trinajstić information content (AvgIpc) is 3.19. The minimum absolute atomic E-state index is 0.119. The third kappa shape index (κ3) is 3.58. The molecule has 1 aliphatic rings. The number of hydrogen-bond acceptors (Lipinski definition) is 4. The summed E-state index contributed by atoms with van der Waals surface area (Å²) < 4.78 is 3.49. The number of aryl methyl sites for hydroxylation is 1. The van der Waals surface area contributed by atoms with Crippen LogP contribution in [-0.2, 0) is 26.1 Å². The molecule has 29 heavy (non-hydrogen) atoms. The van der Waals surface area contributed by atoms with Crippen molar-refractivity contribution in [2.24, 2.45) is 0 Å². The highest BCUT2D eigenvalue weighted by atomic mass is 16.2. The number of aromatic nitrogens is 3. The van der Waals surface area contributed by atoms with Crippen LogP contribution in [0.2, 0.25) is 0 Å². The summed E-state index contributed by atoms with van der Waals surface area (Å²) >= 11 is 0. The van der Waals surface area contributed by atoms with Crippen molar-refractivity contribution >= 4 is 11.6 Å². The van der Waals surface area contributed by atoms with Gasteiger partial charge in [0.25, 0.3) is 11.5 Å². The molecule has 1 N–H and O–H groups in total. The number of nitrogens with zero attached hydrogens (tertiary/aromatic N) is 4. The predicted octanol–water partition coefficient (Wildman–Crippen LogP) is 2.21. The number of rotatable bonds is 6. The fourth-order valence-corrected chi connectivity index (χ4v) is 4.11. The maximum Gasteiger partial charge on any atom is 0.279 e. The highest BCUT2D eigenvalue weighted by Crippen LogP contribution is 2.22. The van der Waals surface area contributed by atoms with Crippen LogP contribution in [0.15, 0.2) is 41.3 Å². The monoisotopic (exact) mass is 393 g/mol. The molecule has 4 rings (SSSR count). The minimum Gasteiger partial charge on any atom is -0.352 e. The van der Waals surface area contributed by atoms with Crippen molar-refractivity contribution in [2.75, 3.05) is 13.1 Å². The summed E-state index contributed by atoms with van der Waals surface area (Å²) in [6, 6.07) is 10.3. The number of nitrogens with one attached hydrogen (secondary N) is 1. The Kier molecular flexibility index (Phi) is 5.49. The standard InChI is InChI=1S/C22H27N5O2/c1-3-11-23-20(28)17-13-24-27-21(17)26(4-2)19-10-12-25(15-18(19)22(27)29)14-16-8-6-5-7-9-16/h5-9,13H,3-4,10-12,14-15H2,1-2H3,(H,23,28). The van der Waals surface area contributed by atoms with Crippen molar-refractivity contribution in [3.8, 4) is 0 Å². The summed E-state index contributed by atoms with van der Waals surface area (Å²) in [5.41, 5.74) is 3.99. The Labute approximate surface area is 170 Å². The molecule has 0 fully saturated rings. The first-order valence-corrected chi connectivity index (χ1v) is 10.3. The fraction of sp³-hybridized carbons (Fsp3) is 0.409. The highest BCUT2D eigenvalue weighted by molar-refractivity contribution is 5.99. The number of carbonyl (C=O) groups is 1. The first-order chi connectivity index (χ1) is 14.1. The molecule has 0 aliphatic carbocycles. The van der Waals surface area contributed by atoms with Crippen LogP contribution in [-0.4, -0.2) is 38.1 Å². The van der Waals surface area contributed by atoms with Crippen molar-refractivity contribution in [2.45, 2.75) is 46.3 Å². The van der Waals surface area contributed by atoms with Gasteiger partial charge in [-0.2, -0.15) is 9.61 Å². The topological polar surface area (TPSA) is 71.6 Å². The van der Waals surface area contributed by atoms with Crippen molar-refractivity contribution in [3.63, 3.8) is 0 Å². The van der Waals surface area contributed by atoms with E-state index in [1.807, 2.05) is 32.0 Å². The number of carbonyl (C=O) groups excluding carboxylic acids is 1. The lowest BCUT2D eigenvalue weighted by atomic mass is 10.0. The Morgan fingerprint density at radius 3 is 2.72 bits per heavy atom. The van der Waals surface area contributed by atoms with Gasteiger partial charge in [0.05, 0.1) is 11.8 Å². The Balaban J connectivity index is 1.73. The van der Waals surface area contributed by atoms with E-state index in [-0.39, 0.29) is 11.5 Å². The molecule has 3 heterocycles. The summed E-state index contributed by atoms with van der Waals surface area (Å²) in [6.07, 6.45) is 3.15. The zero-order valence-electron chi connectivity index (χ0n) is 17.0. The van der Waals surface area contributed by atoms with Gasteiger partial charge in [-0.3, -0.25) is 14.5 Å². The van der Waals surface area contributed by atoms with Gasteiger partial charge in [-0.05, 0) is 18.9 Å². The smallest absolute Gasteiger partial charge is 0.279 e. The molecule has 3 aromatic rings. The number of hydrogen-bond donors (Lipinski definition) is 1. The molecule has 1 amide bonds. The summed E-state index contributed by atoms with van der Waals surface area (Å²) in [5.74, 6) is -0.176. The fourth-order valence-electron chi connectivity index (χ4n) is 4.11. The van der Waals surface area contributed by atoms with E-state index in [0.29, 0.717) is 30.8 Å². The molecule has 152 valence electrons. The summed E-state index contributed by atoms with van der Waals surface area (Å²) in [7, 11) is 0. The Morgan fingerprint density at radius 2 is 2.00 bits per heavy atom. The van der Waals surface area contributed by atoms with E-state index in [2.05, 4.69) is 32.0 Å². The number of fused-ring (bicyclic) bond motifs is 2. The maximum atomic E-state index is 13.2. The van der Waals surface area contributed by atoms with E-state index in [4.69, 9.17) is 0 Å². The van der Waals surface area contributed by atoms with Crippen molar-refractivity contribution in [1.29, 1.82) is 0 Å². The van der Waals surface area contributed by atoms with Crippen LogP contribution in [0.3, 0.4) is 0 Å². The molecule has 0 saturated heterocycles. The molecule has 1 aromatic carbocycles. The van der Waals surface area contributed by atoms with Gasteiger partial charge in [-0.1, -0.05) is 37.3 Å². The van der Waals surface area contributed by atoms with Crippen LogP contribution in [0, 0.1) is 0 Å². The van der Waals surface area contributed by atoms with Gasteiger partial charge in [0, 0.05) is 44.8 Å². The summed E-state index contributed by atoms with van der Waals surface area (Å²) in [5, 5.41) is 7.17. The normalized spacial score (nSPS) is 14.1. The first-order valence-electron chi connectivity index (χ1n) is 10.3. The van der Waals surface area contributed by atoms with Crippen molar-refractivity contribution < 1.29 is 4.79 Å². The molecule has 0 unspecified atom stereocenters. The van der Waals surface area contributed by atoms with E-state index < -0.39 is 0 Å². The SMILES string of the molecule is CCCNC(=O)c1cnn2c(=O)c3c(n(CC)c12)CCN(Cc1ccccc1)C3. The van der Waals surface area contributed by atoms with E-state index in [1.165, 1.54) is 16.3 Å². The molecule has 7 heteroatoms. The van der Waals surface area contributed by atoms with Gasteiger partial charge in [0.1, 0.15) is 5.56 Å². The van der Waals surface area contributed by atoms with E-state index in [1.54, 1.807) is 0 Å². The third-order valence-corrected chi connectivity index (χ3v) is 5.52. The van der Waals surface area contributed by atoms with Crippen LogP contribution in [0.4, 0.5) is 0 Å². The minimum atomic E-state index is -0.176. The summed E-state index contributed by atoms with van der Waals surface area (Å²) in [4.78, 5) is 28.1. The quantitative estimate of drug-likeness (QED) is 0.697. The first kappa shape index (κ1) is 19.4. The Hall–Kier alpha value is -2.93. The molecular weight excluding hydrogens is 366 g/mol. The molecule has 7 nitrogen and oxygen atoms in total. The van der Waals surface area contributed by atoms with Gasteiger partial charge in [-0.25, -0.2) is 0 Å². The second kappa shape index (κ2) is 8.21. The Morgan fingerprint density at radius 1 is 1.21 bits per heavy atom. The van der Waals surface area contributed by atoms with Crippen molar-refractivity contribution in [1.82, 2.24) is 24.4 Å². The lowest BCUT2D eigenvalue weighted by Gasteiger charge is -2.30. The molecule has 0 saturated carbocycles. The van der Waals surface area contributed by atoms with Gasteiger partial charge in [0.2, 0.25) is 0 Å². The van der Waals surface area contributed by atoms with E-state index in [9.17, 15) is 9.59 Å². The zero-order chi connectivity index (χ0) is 20.4. The third-order valence-electron chi connectivity index (χ3n) is 5.52. The number of amides is 1. The second-order valence-electron chi connectivity index (χ2n) is 7.47. The van der Waals surface area contributed by atoms with E-state index in [0.717, 1.165) is 37.2 Å². The van der Waals surface area contributed by atoms with Crippen LogP contribution < -0.4 is 10.9 Å². The van der Waals surface area contributed by atoms with Gasteiger partial charge in [0.15, 0.2) is 5.65 Å². The zero-order valence-corrected chi connectivity index (χ0v) is 17.0.